The molecule has 0 unspecified atom stereocenters. The van der Waals surface area contributed by atoms with Crippen LogP contribution in [0.1, 0.15) is 0 Å². The molecule has 0 spiro atoms. The molecule has 170 valence electrons. The molecule has 0 saturated heterocycles. The van der Waals surface area contributed by atoms with Crippen molar-refractivity contribution in [1.29, 1.82) is 0 Å². The standard InChI is InChI=1S/C15H12BrNO3S.C9H8BrNO/c1-20-11-9-14(16)13-7-8-17(15(13)10-11)21(18,19)12-5-3-2-4-6-12;1-12-6-4-8(10)7-2-3-11-9(7)5-6/h2-10H,1H3;2-5,11H,1H3. The number of hydrogen-bond donors (Lipinski definition) is 1. The van der Waals surface area contributed by atoms with Gasteiger partial charge in [-0.05, 0) is 68.3 Å². The van der Waals surface area contributed by atoms with Crippen LogP contribution < -0.4 is 9.47 Å². The maximum absolute atomic E-state index is 12.7. The quantitative estimate of drug-likeness (QED) is 0.256. The van der Waals surface area contributed by atoms with E-state index in [4.69, 9.17) is 9.47 Å². The minimum atomic E-state index is -3.62. The van der Waals surface area contributed by atoms with Crippen LogP contribution in [0.3, 0.4) is 0 Å². The van der Waals surface area contributed by atoms with Crippen LogP contribution in [0, 0.1) is 0 Å². The third-order valence-electron chi connectivity index (χ3n) is 5.06. The SMILES string of the molecule is COc1cc(Br)c2cc[nH]c2c1.COc1cc(Br)c2ccn(S(=O)(=O)c3ccccc3)c2c1. The van der Waals surface area contributed by atoms with Crippen molar-refractivity contribution in [2.45, 2.75) is 4.90 Å². The summed E-state index contributed by atoms with van der Waals surface area (Å²) in [4.78, 5) is 3.38. The number of methoxy groups -OCH3 is 2. The highest BCUT2D eigenvalue weighted by Crippen LogP contribution is 2.32. The van der Waals surface area contributed by atoms with Crippen molar-refractivity contribution >= 4 is 63.7 Å². The number of aromatic amines is 1. The number of hydrogen-bond acceptors (Lipinski definition) is 4. The minimum absolute atomic E-state index is 0.251. The van der Waals surface area contributed by atoms with Crippen molar-refractivity contribution < 1.29 is 17.9 Å². The number of halogens is 2. The number of H-pyrrole nitrogens is 1. The molecule has 0 aliphatic rings. The maximum Gasteiger partial charge on any atom is 0.268 e. The molecular weight excluding hydrogens is 572 g/mol. The molecule has 0 radical (unpaired) electrons. The number of rotatable bonds is 4. The van der Waals surface area contributed by atoms with Crippen molar-refractivity contribution in [1.82, 2.24) is 8.96 Å². The molecule has 5 rings (SSSR count). The Morgan fingerprint density at radius 3 is 2.12 bits per heavy atom. The summed E-state index contributed by atoms with van der Waals surface area (Å²) in [5.74, 6) is 1.45. The third kappa shape index (κ3) is 4.66. The molecule has 33 heavy (non-hydrogen) atoms. The fourth-order valence-electron chi connectivity index (χ4n) is 3.40. The summed E-state index contributed by atoms with van der Waals surface area (Å²) in [6.45, 7) is 0. The van der Waals surface area contributed by atoms with Gasteiger partial charge in [0.1, 0.15) is 11.5 Å². The van der Waals surface area contributed by atoms with Crippen molar-refractivity contribution in [3.05, 3.63) is 88.1 Å². The monoisotopic (exact) mass is 590 g/mol. The fourth-order valence-corrected chi connectivity index (χ4v) is 5.89. The fraction of sp³-hybridized carbons (Fsp3) is 0.0833. The summed E-state index contributed by atoms with van der Waals surface area (Å²) in [6, 6.07) is 19.6. The van der Waals surface area contributed by atoms with Crippen LogP contribution in [-0.2, 0) is 10.0 Å². The predicted octanol–water partition coefficient (Wildman–Crippen LogP) is 6.59. The number of ether oxygens (including phenoxy) is 2. The summed E-state index contributed by atoms with van der Waals surface area (Å²) in [6.07, 6.45) is 3.46. The van der Waals surface area contributed by atoms with Gasteiger partial charge in [0, 0.05) is 44.2 Å². The third-order valence-corrected chi connectivity index (χ3v) is 8.07. The maximum atomic E-state index is 12.7. The van der Waals surface area contributed by atoms with E-state index in [9.17, 15) is 8.42 Å². The van der Waals surface area contributed by atoms with Gasteiger partial charge in [0.05, 0.1) is 30.1 Å². The van der Waals surface area contributed by atoms with Crippen molar-refractivity contribution in [2.75, 3.05) is 14.2 Å². The lowest BCUT2D eigenvalue weighted by atomic mass is 10.2. The molecule has 0 fully saturated rings. The highest BCUT2D eigenvalue weighted by atomic mass is 79.9. The Kier molecular flexibility index (Phi) is 6.83. The molecule has 0 atom stereocenters. The molecular formula is C24H20Br2N2O4S. The lowest BCUT2D eigenvalue weighted by molar-refractivity contribution is 0.415. The first kappa shape index (κ1) is 23.4. The highest BCUT2D eigenvalue weighted by Gasteiger charge is 2.19. The molecule has 0 aliphatic heterocycles. The number of nitrogens with zero attached hydrogens (tertiary/aromatic N) is 1. The van der Waals surface area contributed by atoms with Gasteiger partial charge in [-0.3, -0.25) is 0 Å². The number of benzene rings is 3. The van der Waals surface area contributed by atoms with Gasteiger partial charge in [-0.1, -0.05) is 18.2 Å². The predicted molar refractivity (Wildman–Crippen MR) is 138 cm³/mol. The Bertz CT molecular complexity index is 1530. The number of aromatic nitrogens is 2. The summed E-state index contributed by atoms with van der Waals surface area (Å²) in [5.41, 5.74) is 1.66. The van der Waals surface area contributed by atoms with E-state index in [2.05, 4.69) is 36.8 Å². The molecule has 5 aromatic rings. The van der Waals surface area contributed by atoms with Crippen LogP contribution in [-0.4, -0.2) is 31.6 Å². The summed E-state index contributed by atoms with van der Waals surface area (Å²) in [5, 5.41) is 1.99. The molecule has 0 bridgehead atoms. The van der Waals surface area contributed by atoms with E-state index in [1.54, 1.807) is 62.9 Å². The molecule has 1 N–H and O–H groups in total. The zero-order chi connectivity index (χ0) is 23.6. The van der Waals surface area contributed by atoms with Crippen LogP contribution in [0.4, 0.5) is 0 Å². The van der Waals surface area contributed by atoms with E-state index in [-0.39, 0.29) is 4.90 Å². The van der Waals surface area contributed by atoms with Crippen LogP contribution >= 0.6 is 31.9 Å². The average molecular weight is 592 g/mol. The average Bonchev–Trinajstić information content (AvgIpc) is 3.48. The van der Waals surface area contributed by atoms with Gasteiger partial charge >= 0.3 is 0 Å². The van der Waals surface area contributed by atoms with Gasteiger partial charge in [0.25, 0.3) is 10.0 Å². The Hall–Kier alpha value is -2.75. The molecule has 9 heteroatoms. The van der Waals surface area contributed by atoms with Gasteiger partial charge in [-0.15, -0.1) is 0 Å². The van der Waals surface area contributed by atoms with Gasteiger partial charge in [-0.2, -0.15) is 0 Å². The summed E-state index contributed by atoms with van der Waals surface area (Å²) in [7, 11) is -0.412. The number of fused-ring (bicyclic) bond motifs is 2. The van der Waals surface area contributed by atoms with E-state index in [1.165, 1.54) is 9.36 Å². The van der Waals surface area contributed by atoms with Crippen LogP contribution in [0.5, 0.6) is 11.5 Å². The Labute approximate surface area is 208 Å². The van der Waals surface area contributed by atoms with Gasteiger partial charge in [0.15, 0.2) is 0 Å². The zero-order valence-corrected chi connectivity index (χ0v) is 21.7. The van der Waals surface area contributed by atoms with Gasteiger partial charge in [0.2, 0.25) is 0 Å². The Morgan fingerprint density at radius 2 is 1.45 bits per heavy atom. The molecule has 6 nitrogen and oxygen atoms in total. The first-order valence-corrected chi connectivity index (χ1v) is 12.8. The second kappa shape index (κ2) is 9.62. The normalized spacial score (nSPS) is 11.3. The molecule has 0 aliphatic carbocycles. The summed E-state index contributed by atoms with van der Waals surface area (Å²) >= 11 is 6.90. The smallest absolute Gasteiger partial charge is 0.268 e. The van der Waals surface area contributed by atoms with E-state index in [1.807, 2.05) is 30.5 Å². The van der Waals surface area contributed by atoms with E-state index in [0.717, 1.165) is 25.6 Å². The van der Waals surface area contributed by atoms with Crippen molar-refractivity contribution in [3.63, 3.8) is 0 Å². The van der Waals surface area contributed by atoms with E-state index < -0.39 is 10.0 Å². The highest BCUT2D eigenvalue weighted by molar-refractivity contribution is 9.11. The first-order chi connectivity index (χ1) is 15.8. The second-order valence-corrected chi connectivity index (χ2v) is 10.5. The van der Waals surface area contributed by atoms with Crippen LogP contribution in [0.15, 0.2) is 93.0 Å². The lowest BCUT2D eigenvalue weighted by Crippen LogP contribution is -2.11. The molecule has 2 heterocycles. The lowest BCUT2D eigenvalue weighted by Gasteiger charge is -2.09. The second-order valence-electron chi connectivity index (χ2n) is 7.02. The Balaban J connectivity index is 0.000000183. The molecule has 0 saturated carbocycles. The minimum Gasteiger partial charge on any atom is -0.497 e. The summed E-state index contributed by atoms with van der Waals surface area (Å²) < 4.78 is 38.9. The number of nitrogens with one attached hydrogen (secondary N) is 1. The van der Waals surface area contributed by atoms with Gasteiger partial charge < -0.3 is 14.5 Å². The topological polar surface area (TPSA) is 73.3 Å². The van der Waals surface area contributed by atoms with Gasteiger partial charge in [-0.25, -0.2) is 12.4 Å². The first-order valence-electron chi connectivity index (χ1n) is 9.81. The van der Waals surface area contributed by atoms with Crippen LogP contribution in [0.25, 0.3) is 21.8 Å². The van der Waals surface area contributed by atoms with E-state index >= 15 is 0 Å². The zero-order valence-electron chi connectivity index (χ0n) is 17.7. The Morgan fingerprint density at radius 1 is 0.818 bits per heavy atom. The van der Waals surface area contributed by atoms with Crippen LogP contribution in [0.2, 0.25) is 0 Å². The molecule has 3 aromatic carbocycles. The molecule has 0 amide bonds. The van der Waals surface area contributed by atoms with Crippen molar-refractivity contribution in [3.8, 4) is 11.5 Å². The largest absolute Gasteiger partial charge is 0.497 e. The van der Waals surface area contributed by atoms with E-state index in [0.29, 0.717) is 11.3 Å². The van der Waals surface area contributed by atoms with Crippen molar-refractivity contribution in [2.24, 2.45) is 0 Å². The molecule has 2 aromatic heterocycles.